The Labute approximate surface area is 126 Å². The van der Waals surface area contributed by atoms with Gasteiger partial charge in [-0.3, -0.25) is 4.98 Å². The lowest BCUT2D eigenvalue weighted by Gasteiger charge is -2.16. The normalized spacial score (nSPS) is 11.8. The van der Waals surface area contributed by atoms with E-state index in [2.05, 4.69) is 9.97 Å². The maximum Gasteiger partial charge on any atom is 0.299 e. The molecule has 114 valence electrons. The Morgan fingerprint density at radius 2 is 2.05 bits per heavy atom. The number of anilines is 1. The largest absolute Gasteiger partial charge is 0.442 e. The number of nitrogens with zero attached hydrogens (tertiary/aromatic N) is 3. The van der Waals surface area contributed by atoms with Crippen LogP contribution in [0.5, 0.6) is 0 Å². The van der Waals surface area contributed by atoms with Crippen molar-refractivity contribution in [2.75, 3.05) is 11.4 Å². The molecule has 0 spiro atoms. The van der Waals surface area contributed by atoms with Gasteiger partial charge in [-0.1, -0.05) is 0 Å². The third-order valence-corrected chi connectivity index (χ3v) is 5.09. The maximum absolute atomic E-state index is 13.3. The lowest BCUT2D eigenvalue weighted by atomic mass is 10.2. The van der Waals surface area contributed by atoms with Crippen LogP contribution in [0.3, 0.4) is 0 Å². The molecule has 0 fully saturated rings. The van der Waals surface area contributed by atoms with E-state index in [1.54, 1.807) is 6.92 Å². The minimum atomic E-state index is -3.96. The zero-order chi connectivity index (χ0) is 15.9. The van der Waals surface area contributed by atoms with Crippen LogP contribution in [0.15, 0.2) is 46.3 Å². The fourth-order valence-corrected chi connectivity index (χ4v) is 3.40. The second-order valence-electron chi connectivity index (χ2n) is 4.69. The van der Waals surface area contributed by atoms with Crippen LogP contribution in [0.1, 0.15) is 5.56 Å². The first-order valence-corrected chi connectivity index (χ1v) is 7.79. The number of halogens is 1. The Balaban J connectivity index is 2.15. The van der Waals surface area contributed by atoms with Gasteiger partial charge in [-0.15, -0.1) is 0 Å². The number of aromatic nitrogens is 2. The summed E-state index contributed by atoms with van der Waals surface area (Å²) in [6, 6.07) is 3.86. The van der Waals surface area contributed by atoms with Crippen molar-refractivity contribution in [1.82, 2.24) is 9.97 Å². The number of fused-ring (bicyclic) bond motifs is 1. The topological polar surface area (TPSA) is 76.3 Å². The van der Waals surface area contributed by atoms with E-state index in [1.807, 2.05) is 0 Å². The summed E-state index contributed by atoms with van der Waals surface area (Å²) in [7, 11) is -2.60. The van der Waals surface area contributed by atoms with E-state index in [0.29, 0.717) is 16.5 Å². The second kappa shape index (κ2) is 5.06. The lowest BCUT2D eigenvalue weighted by molar-refractivity contribution is 0.476. The van der Waals surface area contributed by atoms with E-state index in [4.69, 9.17) is 4.42 Å². The standard InChI is InChI=1S/C14H12FN3O3S/c1-9-11-7-10(15)3-4-12(11)21-14(9)22(19,20)18(2)13-8-16-5-6-17-13/h3-8H,1-2H3. The van der Waals surface area contributed by atoms with Crippen LogP contribution in [-0.4, -0.2) is 25.4 Å². The fraction of sp³-hybridized carbons (Fsp3) is 0.143. The molecular formula is C14H12FN3O3S. The SMILES string of the molecule is Cc1c(S(=O)(=O)N(C)c2cnccn2)oc2ccc(F)cc12. The Morgan fingerprint density at radius 3 is 2.73 bits per heavy atom. The van der Waals surface area contributed by atoms with Crippen molar-refractivity contribution < 1.29 is 17.2 Å². The van der Waals surface area contributed by atoms with Crippen molar-refractivity contribution in [3.05, 3.63) is 48.2 Å². The number of rotatable bonds is 3. The van der Waals surface area contributed by atoms with Gasteiger partial charge in [-0.05, 0) is 25.1 Å². The summed E-state index contributed by atoms with van der Waals surface area (Å²) in [4.78, 5) is 7.79. The number of benzene rings is 1. The molecule has 2 aromatic heterocycles. The molecule has 0 aliphatic heterocycles. The number of hydrogen-bond acceptors (Lipinski definition) is 5. The highest BCUT2D eigenvalue weighted by atomic mass is 32.2. The number of furan rings is 1. The van der Waals surface area contributed by atoms with E-state index in [9.17, 15) is 12.8 Å². The molecule has 0 amide bonds. The van der Waals surface area contributed by atoms with Gasteiger partial charge in [0.15, 0.2) is 5.82 Å². The summed E-state index contributed by atoms with van der Waals surface area (Å²) in [5.74, 6) is -0.295. The number of aryl methyl sites for hydroxylation is 1. The molecule has 0 atom stereocenters. The molecule has 0 aliphatic carbocycles. The number of hydrogen-bond donors (Lipinski definition) is 0. The lowest BCUT2D eigenvalue weighted by Crippen LogP contribution is -2.27. The first-order chi connectivity index (χ1) is 10.4. The molecule has 0 N–H and O–H groups in total. The van der Waals surface area contributed by atoms with Gasteiger partial charge in [0.2, 0.25) is 5.09 Å². The van der Waals surface area contributed by atoms with Crippen LogP contribution in [0.25, 0.3) is 11.0 Å². The van der Waals surface area contributed by atoms with Crippen LogP contribution < -0.4 is 4.31 Å². The van der Waals surface area contributed by atoms with Crippen LogP contribution in [0, 0.1) is 12.7 Å². The van der Waals surface area contributed by atoms with E-state index in [1.165, 1.54) is 43.8 Å². The Bertz CT molecular complexity index is 939. The monoisotopic (exact) mass is 321 g/mol. The van der Waals surface area contributed by atoms with Gasteiger partial charge >= 0.3 is 0 Å². The molecule has 2 heterocycles. The van der Waals surface area contributed by atoms with Gasteiger partial charge in [-0.25, -0.2) is 13.7 Å². The van der Waals surface area contributed by atoms with Gasteiger partial charge < -0.3 is 4.42 Å². The summed E-state index contributed by atoms with van der Waals surface area (Å²) in [6.07, 6.45) is 4.16. The second-order valence-corrected chi connectivity index (χ2v) is 6.56. The van der Waals surface area contributed by atoms with E-state index in [0.717, 1.165) is 4.31 Å². The molecule has 6 nitrogen and oxygen atoms in total. The smallest absolute Gasteiger partial charge is 0.299 e. The molecule has 0 saturated carbocycles. The third kappa shape index (κ3) is 2.21. The van der Waals surface area contributed by atoms with Crippen molar-refractivity contribution in [3.8, 4) is 0 Å². The third-order valence-electron chi connectivity index (χ3n) is 3.32. The Kier molecular flexibility index (Phi) is 3.32. The molecule has 0 unspecified atom stereocenters. The zero-order valence-electron chi connectivity index (χ0n) is 11.8. The predicted molar refractivity (Wildman–Crippen MR) is 78.5 cm³/mol. The maximum atomic E-state index is 13.3. The minimum absolute atomic E-state index is 0.161. The van der Waals surface area contributed by atoms with Crippen molar-refractivity contribution in [2.45, 2.75) is 12.0 Å². The van der Waals surface area contributed by atoms with E-state index in [-0.39, 0.29) is 10.9 Å². The quantitative estimate of drug-likeness (QED) is 0.741. The first-order valence-electron chi connectivity index (χ1n) is 6.35. The summed E-state index contributed by atoms with van der Waals surface area (Å²) in [5.41, 5.74) is 0.662. The molecule has 0 saturated heterocycles. The Hall–Kier alpha value is -2.48. The molecule has 0 aliphatic rings. The van der Waals surface area contributed by atoms with Gasteiger partial charge in [0.25, 0.3) is 10.0 Å². The van der Waals surface area contributed by atoms with Crippen molar-refractivity contribution in [3.63, 3.8) is 0 Å². The average Bonchev–Trinajstić information content (AvgIpc) is 2.85. The highest BCUT2D eigenvalue weighted by molar-refractivity contribution is 7.92. The van der Waals surface area contributed by atoms with Gasteiger partial charge in [-0.2, -0.15) is 8.42 Å². The van der Waals surface area contributed by atoms with Crippen LogP contribution >= 0.6 is 0 Å². The zero-order valence-corrected chi connectivity index (χ0v) is 12.6. The molecule has 3 rings (SSSR count). The van der Waals surface area contributed by atoms with Gasteiger partial charge in [0, 0.05) is 30.4 Å². The molecule has 3 aromatic rings. The molecule has 0 radical (unpaired) electrons. The molecular weight excluding hydrogens is 309 g/mol. The summed E-state index contributed by atoms with van der Waals surface area (Å²) in [6.45, 7) is 1.57. The molecule has 22 heavy (non-hydrogen) atoms. The minimum Gasteiger partial charge on any atom is -0.442 e. The van der Waals surface area contributed by atoms with Crippen molar-refractivity contribution >= 4 is 26.8 Å². The molecule has 0 bridgehead atoms. The first kappa shape index (κ1) is 14.5. The van der Waals surface area contributed by atoms with Crippen molar-refractivity contribution in [1.29, 1.82) is 0 Å². The highest BCUT2D eigenvalue weighted by Crippen LogP contribution is 2.31. The van der Waals surface area contributed by atoms with Crippen LogP contribution in [0.4, 0.5) is 10.2 Å². The van der Waals surface area contributed by atoms with Gasteiger partial charge in [0.05, 0.1) is 6.20 Å². The van der Waals surface area contributed by atoms with E-state index < -0.39 is 15.8 Å². The van der Waals surface area contributed by atoms with Crippen molar-refractivity contribution in [2.24, 2.45) is 0 Å². The van der Waals surface area contributed by atoms with Crippen LogP contribution in [-0.2, 0) is 10.0 Å². The summed E-state index contributed by atoms with van der Waals surface area (Å²) >= 11 is 0. The summed E-state index contributed by atoms with van der Waals surface area (Å²) < 4.78 is 45.1. The Morgan fingerprint density at radius 1 is 1.27 bits per heavy atom. The average molecular weight is 321 g/mol. The van der Waals surface area contributed by atoms with Gasteiger partial charge in [0.1, 0.15) is 11.4 Å². The molecule has 1 aromatic carbocycles. The number of sulfonamides is 1. The fourth-order valence-electron chi connectivity index (χ4n) is 2.12. The highest BCUT2D eigenvalue weighted by Gasteiger charge is 2.29. The van der Waals surface area contributed by atoms with E-state index >= 15 is 0 Å². The molecule has 8 heteroatoms. The predicted octanol–water partition coefficient (Wildman–Crippen LogP) is 2.50. The van der Waals surface area contributed by atoms with Crippen LogP contribution in [0.2, 0.25) is 0 Å². The summed E-state index contributed by atoms with van der Waals surface area (Å²) in [5, 5.41) is 0.187.